The second-order valence-corrected chi connectivity index (χ2v) is 6.13. The summed E-state index contributed by atoms with van der Waals surface area (Å²) < 4.78 is 5.07. The van der Waals surface area contributed by atoms with E-state index in [1.165, 1.54) is 0 Å². The van der Waals surface area contributed by atoms with Gasteiger partial charge in [-0.05, 0) is 36.1 Å². The van der Waals surface area contributed by atoms with Crippen molar-refractivity contribution in [3.05, 3.63) is 29.8 Å². The van der Waals surface area contributed by atoms with Gasteiger partial charge in [-0.2, -0.15) is 0 Å². The van der Waals surface area contributed by atoms with Gasteiger partial charge in [0.15, 0.2) is 5.78 Å². The van der Waals surface area contributed by atoms with Crippen LogP contribution >= 0.6 is 0 Å². The molecule has 0 aromatic heterocycles. The Morgan fingerprint density at radius 1 is 1.14 bits per heavy atom. The van der Waals surface area contributed by atoms with Crippen LogP contribution in [0.4, 0.5) is 0 Å². The predicted octanol–water partition coefficient (Wildman–Crippen LogP) is 1.34. The normalized spacial score (nSPS) is 23.4. The zero-order valence-electron chi connectivity index (χ0n) is 12.9. The number of carbonyl (C=O) groups excluding carboxylic acids is 2. The molecule has 2 saturated heterocycles. The SMILES string of the molecule is COc1ccc(C(=O)CCC(=O)N2C[C@H]3CNC[C@H]3C2)cc1. The van der Waals surface area contributed by atoms with Crippen LogP contribution in [0.15, 0.2) is 24.3 Å². The molecule has 0 unspecified atom stereocenters. The van der Waals surface area contributed by atoms with Crippen molar-refractivity contribution in [2.45, 2.75) is 12.8 Å². The lowest BCUT2D eigenvalue weighted by Crippen LogP contribution is -2.32. The third kappa shape index (κ3) is 3.14. The summed E-state index contributed by atoms with van der Waals surface area (Å²) in [6, 6.07) is 7.03. The Morgan fingerprint density at radius 3 is 2.36 bits per heavy atom. The minimum absolute atomic E-state index is 0.0112. The van der Waals surface area contributed by atoms with Gasteiger partial charge in [-0.1, -0.05) is 0 Å². The topological polar surface area (TPSA) is 58.6 Å². The van der Waals surface area contributed by atoms with Crippen LogP contribution in [0.1, 0.15) is 23.2 Å². The number of carbonyl (C=O) groups is 2. The minimum atomic E-state index is 0.0112. The van der Waals surface area contributed by atoms with E-state index in [-0.39, 0.29) is 18.1 Å². The first-order chi connectivity index (χ1) is 10.7. The number of methoxy groups -OCH3 is 1. The van der Waals surface area contributed by atoms with E-state index < -0.39 is 0 Å². The lowest BCUT2D eigenvalue weighted by Gasteiger charge is -2.17. The van der Waals surface area contributed by atoms with Gasteiger partial charge in [0.05, 0.1) is 7.11 Å². The van der Waals surface area contributed by atoms with Crippen molar-refractivity contribution in [1.82, 2.24) is 10.2 Å². The van der Waals surface area contributed by atoms with Gasteiger partial charge in [0.25, 0.3) is 0 Å². The number of Topliss-reactive ketones (excluding diaryl/α,β-unsaturated/α-hetero) is 1. The Labute approximate surface area is 130 Å². The fourth-order valence-corrected chi connectivity index (χ4v) is 3.36. The highest BCUT2D eigenvalue weighted by atomic mass is 16.5. The van der Waals surface area contributed by atoms with Crippen LogP contribution in [-0.4, -0.2) is 49.9 Å². The summed E-state index contributed by atoms with van der Waals surface area (Å²) in [5.74, 6) is 2.04. The minimum Gasteiger partial charge on any atom is -0.497 e. The Balaban J connectivity index is 1.49. The van der Waals surface area contributed by atoms with Gasteiger partial charge in [0.2, 0.25) is 5.91 Å². The van der Waals surface area contributed by atoms with Crippen LogP contribution < -0.4 is 10.1 Å². The zero-order valence-corrected chi connectivity index (χ0v) is 12.9. The van der Waals surface area contributed by atoms with E-state index in [9.17, 15) is 9.59 Å². The fraction of sp³-hybridized carbons (Fsp3) is 0.529. The molecule has 0 aliphatic carbocycles. The lowest BCUT2D eigenvalue weighted by molar-refractivity contribution is -0.130. The standard InChI is InChI=1S/C17H22N2O3/c1-22-15-4-2-12(3-5-15)16(20)6-7-17(21)19-10-13-8-18-9-14(13)11-19/h2-5,13-14,18H,6-11H2,1H3/t13-,14+. The molecule has 0 spiro atoms. The van der Waals surface area contributed by atoms with Crippen molar-refractivity contribution in [1.29, 1.82) is 0 Å². The summed E-state index contributed by atoms with van der Waals surface area (Å²) in [5, 5.41) is 3.36. The number of amides is 1. The predicted molar refractivity (Wildman–Crippen MR) is 83.0 cm³/mol. The summed E-state index contributed by atoms with van der Waals surface area (Å²) in [6.07, 6.45) is 0.576. The number of benzene rings is 1. The molecule has 1 aromatic carbocycles. The Morgan fingerprint density at radius 2 is 1.77 bits per heavy atom. The molecule has 0 radical (unpaired) electrons. The highest BCUT2D eigenvalue weighted by Gasteiger charge is 2.37. The van der Waals surface area contributed by atoms with Gasteiger partial charge in [0, 0.05) is 44.6 Å². The van der Waals surface area contributed by atoms with E-state index in [4.69, 9.17) is 4.74 Å². The number of fused-ring (bicyclic) bond motifs is 1. The summed E-state index contributed by atoms with van der Waals surface area (Å²) in [5.41, 5.74) is 0.635. The smallest absolute Gasteiger partial charge is 0.223 e. The lowest BCUT2D eigenvalue weighted by atomic mass is 10.0. The molecular formula is C17H22N2O3. The first-order valence-corrected chi connectivity index (χ1v) is 7.83. The van der Waals surface area contributed by atoms with Crippen LogP contribution in [0.2, 0.25) is 0 Å². The molecule has 5 nitrogen and oxygen atoms in total. The number of nitrogens with zero attached hydrogens (tertiary/aromatic N) is 1. The number of rotatable bonds is 5. The zero-order chi connectivity index (χ0) is 15.5. The molecule has 2 aliphatic heterocycles. The van der Waals surface area contributed by atoms with Crippen LogP contribution in [0.5, 0.6) is 5.75 Å². The number of ketones is 1. The molecule has 2 aliphatic rings. The average Bonchev–Trinajstić information content (AvgIpc) is 3.14. The number of hydrogen-bond donors (Lipinski definition) is 1. The summed E-state index contributed by atoms with van der Waals surface area (Å²) in [7, 11) is 1.59. The molecule has 1 amide bonds. The van der Waals surface area contributed by atoms with Crippen LogP contribution in [0, 0.1) is 11.8 Å². The second kappa shape index (κ2) is 6.48. The molecule has 5 heteroatoms. The van der Waals surface area contributed by atoms with Crippen LogP contribution in [0.25, 0.3) is 0 Å². The van der Waals surface area contributed by atoms with Gasteiger partial charge in [-0.15, -0.1) is 0 Å². The molecule has 2 heterocycles. The maximum atomic E-state index is 12.2. The van der Waals surface area contributed by atoms with E-state index in [2.05, 4.69) is 5.32 Å². The highest BCUT2D eigenvalue weighted by Crippen LogP contribution is 2.26. The van der Waals surface area contributed by atoms with E-state index >= 15 is 0 Å². The quantitative estimate of drug-likeness (QED) is 0.834. The highest BCUT2D eigenvalue weighted by molar-refractivity contribution is 5.98. The number of likely N-dealkylation sites (tertiary alicyclic amines) is 1. The maximum Gasteiger partial charge on any atom is 0.223 e. The summed E-state index contributed by atoms with van der Waals surface area (Å²) in [4.78, 5) is 26.3. The van der Waals surface area contributed by atoms with E-state index in [0.29, 0.717) is 23.8 Å². The Bertz CT molecular complexity index is 544. The van der Waals surface area contributed by atoms with E-state index in [1.807, 2.05) is 4.90 Å². The van der Waals surface area contributed by atoms with Gasteiger partial charge in [0.1, 0.15) is 5.75 Å². The Kier molecular flexibility index (Phi) is 4.43. The van der Waals surface area contributed by atoms with Gasteiger partial charge in [-0.3, -0.25) is 9.59 Å². The van der Waals surface area contributed by atoms with Crippen LogP contribution in [-0.2, 0) is 4.79 Å². The summed E-state index contributed by atoms with van der Waals surface area (Å²) in [6.45, 7) is 3.71. The average molecular weight is 302 g/mol. The molecule has 3 rings (SSSR count). The molecule has 1 N–H and O–H groups in total. The Hall–Kier alpha value is -1.88. The molecule has 2 atom stereocenters. The van der Waals surface area contributed by atoms with Crippen molar-refractivity contribution in [3.63, 3.8) is 0 Å². The number of nitrogens with one attached hydrogen (secondary N) is 1. The van der Waals surface area contributed by atoms with Gasteiger partial charge in [-0.25, -0.2) is 0 Å². The van der Waals surface area contributed by atoms with E-state index in [1.54, 1.807) is 31.4 Å². The van der Waals surface area contributed by atoms with E-state index in [0.717, 1.165) is 31.9 Å². The molecule has 2 fully saturated rings. The molecule has 0 bridgehead atoms. The van der Waals surface area contributed by atoms with Crippen molar-refractivity contribution in [2.75, 3.05) is 33.3 Å². The first kappa shape index (κ1) is 15.0. The van der Waals surface area contributed by atoms with Crippen molar-refractivity contribution >= 4 is 11.7 Å². The largest absolute Gasteiger partial charge is 0.497 e. The monoisotopic (exact) mass is 302 g/mol. The second-order valence-electron chi connectivity index (χ2n) is 6.13. The maximum absolute atomic E-state index is 12.2. The van der Waals surface area contributed by atoms with Crippen molar-refractivity contribution in [3.8, 4) is 5.75 Å². The molecule has 22 heavy (non-hydrogen) atoms. The van der Waals surface area contributed by atoms with Crippen LogP contribution in [0.3, 0.4) is 0 Å². The van der Waals surface area contributed by atoms with Gasteiger partial charge >= 0.3 is 0 Å². The molecule has 0 saturated carbocycles. The number of ether oxygens (including phenoxy) is 1. The fourth-order valence-electron chi connectivity index (χ4n) is 3.36. The third-order valence-electron chi connectivity index (χ3n) is 4.72. The summed E-state index contributed by atoms with van der Waals surface area (Å²) >= 11 is 0. The van der Waals surface area contributed by atoms with Crippen molar-refractivity contribution < 1.29 is 14.3 Å². The number of hydrogen-bond acceptors (Lipinski definition) is 4. The van der Waals surface area contributed by atoms with Gasteiger partial charge < -0.3 is 15.0 Å². The molecule has 118 valence electrons. The first-order valence-electron chi connectivity index (χ1n) is 7.83. The molecule has 1 aromatic rings. The third-order valence-corrected chi connectivity index (χ3v) is 4.72. The van der Waals surface area contributed by atoms with Crippen molar-refractivity contribution in [2.24, 2.45) is 11.8 Å². The molecular weight excluding hydrogens is 280 g/mol.